The molecule has 0 heteroatoms. The quantitative estimate of drug-likeness (QED) is 0.413. The first kappa shape index (κ1) is 20.2. The van der Waals surface area contributed by atoms with E-state index in [0.29, 0.717) is 0 Å². The molecule has 0 nitrogen and oxygen atoms in total. The van der Waals surface area contributed by atoms with Crippen molar-refractivity contribution in [2.75, 3.05) is 0 Å². The summed E-state index contributed by atoms with van der Waals surface area (Å²) in [5.41, 5.74) is 5.30. The maximum absolute atomic E-state index is 2.17. The summed E-state index contributed by atoms with van der Waals surface area (Å²) in [5, 5.41) is 0. The summed E-state index contributed by atoms with van der Waals surface area (Å²) in [5.74, 6) is 0. The smallest absolute Gasteiger partial charge is 0.0349 e. The van der Waals surface area contributed by atoms with Crippen molar-refractivity contribution in [3.05, 3.63) is 83.1 Å². The van der Waals surface area contributed by atoms with Gasteiger partial charge >= 0.3 is 0 Å². The summed E-state index contributed by atoms with van der Waals surface area (Å²) in [7, 11) is 0. The summed E-state index contributed by atoms with van der Waals surface area (Å²) in [6.07, 6.45) is 23.5. The molecule has 0 atom stereocenters. The van der Waals surface area contributed by atoms with E-state index in [1.54, 1.807) is 0 Å². The molecule has 0 bridgehead atoms. The Morgan fingerprint density at radius 2 is 0.909 bits per heavy atom. The van der Waals surface area contributed by atoms with Gasteiger partial charge in [0.05, 0.1) is 0 Å². The number of allylic oxidation sites excluding steroid dienone is 14. The van der Waals surface area contributed by atoms with E-state index in [1.807, 2.05) is 0 Å². The van der Waals surface area contributed by atoms with Crippen molar-refractivity contribution in [1.29, 1.82) is 0 Å². The standard InChI is InChI=1S/C22H32/c1-7-19(3)15-11-17-21(5)13-9-10-14-22(6)18-12-16-20(4)8-2/h9-18H,7-8H2,1-6H3/b10-9+,17-11+,18-12+,19-15+,20-16+,21-13+,22-14+. The van der Waals surface area contributed by atoms with Crippen molar-refractivity contribution in [2.45, 2.75) is 54.4 Å². The van der Waals surface area contributed by atoms with Crippen LogP contribution in [-0.4, -0.2) is 0 Å². The molecule has 0 spiro atoms. The zero-order chi connectivity index (χ0) is 16.8. The van der Waals surface area contributed by atoms with Crippen molar-refractivity contribution in [2.24, 2.45) is 0 Å². The monoisotopic (exact) mass is 296 g/mol. The van der Waals surface area contributed by atoms with Crippen LogP contribution >= 0.6 is 0 Å². The van der Waals surface area contributed by atoms with Crippen LogP contribution in [0, 0.1) is 0 Å². The summed E-state index contributed by atoms with van der Waals surface area (Å²) in [6.45, 7) is 12.9. The lowest BCUT2D eigenvalue weighted by atomic mass is 10.2. The van der Waals surface area contributed by atoms with E-state index < -0.39 is 0 Å². The van der Waals surface area contributed by atoms with E-state index >= 15 is 0 Å². The van der Waals surface area contributed by atoms with E-state index in [-0.39, 0.29) is 0 Å². The predicted molar refractivity (Wildman–Crippen MR) is 103 cm³/mol. The van der Waals surface area contributed by atoms with Crippen LogP contribution in [0.25, 0.3) is 0 Å². The lowest BCUT2D eigenvalue weighted by Crippen LogP contribution is -1.70. The van der Waals surface area contributed by atoms with Gasteiger partial charge in [0.2, 0.25) is 0 Å². The maximum Gasteiger partial charge on any atom is -0.0349 e. The Kier molecular flexibility index (Phi) is 11.8. The minimum Gasteiger partial charge on any atom is -0.0736 e. The molecule has 0 aliphatic rings. The molecule has 0 aliphatic carbocycles. The highest BCUT2D eigenvalue weighted by Gasteiger charge is 1.82. The van der Waals surface area contributed by atoms with Gasteiger partial charge in [-0.15, -0.1) is 0 Å². The van der Waals surface area contributed by atoms with E-state index in [4.69, 9.17) is 0 Å². The highest BCUT2D eigenvalue weighted by Crippen LogP contribution is 2.03. The molecule has 0 N–H and O–H groups in total. The van der Waals surface area contributed by atoms with Gasteiger partial charge < -0.3 is 0 Å². The third-order valence-electron chi connectivity index (χ3n) is 3.42. The molecule has 0 aromatic rings. The SMILES string of the molecule is CC/C(C)=C/C=C/C(C)=C/C=C/C=C(C)/C=C/C=C(\C)CC. The molecule has 0 aromatic heterocycles. The van der Waals surface area contributed by atoms with Crippen LogP contribution in [0.15, 0.2) is 83.1 Å². The maximum atomic E-state index is 2.17. The van der Waals surface area contributed by atoms with Crippen LogP contribution in [-0.2, 0) is 0 Å². The third-order valence-corrected chi connectivity index (χ3v) is 3.42. The molecule has 0 fully saturated rings. The average Bonchev–Trinajstić information content (AvgIpc) is 2.51. The van der Waals surface area contributed by atoms with Gasteiger partial charge in [-0.05, 0) is 40.5 Å². The molecule has 0 aliphatic heterocycles. The van der Waals surface area contributed by atoms with Crippen LogP contribution in [0.5, 0.6) is 0 Å². The third kappa shape index (κ3) is 12.0. The van der Waals surface area contributed by atoms with Gasteiger partial charge in [-0.2, -0.15) is 0 Å². The van der Waals surface area contributed by atoms with Crippen molar-refractivity contribution in [3.8, 4) is 0 Å². The Morgan fingerprint density at radius 3 is 1.23 bits per heavy atom. The normalized spacial score (nSPS) is 15.7. The van der Waals surface area contributed by atoms with Crippen molar-refractivity contribution >= 4 is 0 Å². The first-order chi connectivity index (χ1) is 10.5. The molecule has 0 rings (SSSR count). The molecule has 0 unspecified atom stereocenters. The minimum absolute atomic E-state index is 1.11. The second-order valence-corrected chi connectivity index (χ2v) is 5.66. The van der Waals surface area contributed by atoms with Gasteiger partial charge in [0.25, 0.3) is 0 Å². The van der Waals surface area contributed by atoms with Crippen molar-refractivity contribution in [1.82, 2.24) is 0 Å². The fourth-order valence-corrected chi connectivity index (χ4v) is 1.49. The largest absolute Gasteiger partial charge is 0.0736 e. The summed E-state index contributed by atoms with van der Waals surface area (Å²) >= 11 is 0. The molecular weight excluding hydrogens is 264 g/mol. The van der Waals surface area contributed by atoms with E-state index in [2.05, 4.69) is 102 Å². The van der Waals surface area contributed by atoms with Gasteiger partial charge in [0, 0.05) is 0 Å². The molecule has 0 saturated carbocycles. The fraction of sp³-hybridized carbons (Fsp3) is 0.364. The highest BCUT2D eigenvalue weighted by molar-refractivity contribution is 5.29. The zero-order valence-corrected chi connectivity index (χ0v) is 15.2. The lowest BCUT2D eigenvalue weighted by molar-refractivity contribution is 1.10. The predicted octanol–water partition coefficient (Wildman–Crippen LogP) is 7.26. The second kappa shape index (κ2) is 12.9. The Bertz CT molecular complexity index is 466. The van der Waals surface area contributed by atoms with Gasteiger partial charge in [0.1, 0.15) is 0 Å². The summed E-state index contributed by atoms with van der Waals surface area (Å²) in [4.78, 5) is 0. The topological polar surface area (TPSA) is 0 Å². The molecule has 0 saturated heterocycles. The van der Waals surface area contributed by atoms with Crippen LogP contribution in [0.1, 0.15) is 54.4 Å². The summed E-state index contributed by atoms with van der Waals surface area (Å²) in [6, 6.07) is 0. The molecule has 0 aromatic carbocycles. The zero-order valence-electron chi connectivity index (χ0n) is 15.2. The molecule has 0 heterocycles. The molecule has 22 heavy (non-hydrogen) atoms. The van der Waals surface area contributed by atoms with Gasteiger partial charge in [0.15, 0.2) is 0 Å². The van der Waals surface area contributed by atoms with Gasteiger partial charge in [-0.3, -0.25) is 0 Å². The van der Waals surface area contributed by atoms with Crippen molar-refractivity contribution in [3.63, 3.8) is 0 Å². The second-order valence-electron chi connectivity index (χ2n) is 5.66. The fourth-order valence-electron chi connectivity index (χ4n) is 1.49. The Hall–Kier alpha value is -1.82. The van der Waals surface area contributed by atoms with E-state index in [9.17, 15) is 0 Å². The van der Waals surface area contributed by atoms with Crippen LogP contribution in [0.3, 0.4) is 0 Å². The number of hydrogen-bond acceptors (Lipinski definition) is 0. The Morgan fingerprint density at radius 1 is 0.545 bits per heavy atom. The van der Waals surface area contributed by atoms with Gasteiger partial charge in [-0.1, -0.05) is 96.9 Å². The number of rotatable bonds is 8. The Labute approximate surface area is 138 Å². The summed E-state index contributed by atoms with van der Waals surface area (Å²) < 4.78 is 0. The van der Waals surface area contributed by atoms with Crippen LogP contribution in [0.2, 0.25) is 0 Å². The molecular formula is C22H32. The number of hydrogen-bond donors (Lipinski definition) is 0. The minimum atomic E-state index is 1.11. The first-order valence-corrected chi connectivity index (χ1v) is 8.19. The first-order valence-electron chi connectivity index (χ1n) is 8.19. The van der Waals surface area contributed by atoms with Crippen LogP contribution in [0.4, 0.5) is 0 Å². The van der Waals surface area contributed by atoms with E-state index in [0.717, 1.165) is 12.8 Å². The Balaban J connectivity index is 4.47. The van der Waals surface area contributed by atoms with Crippen LogP contribution < -0.4 is 0 Å². The van der Waals surface area contributed by atoms with Gasteiger partial charge in [-0.25, -0.2) is 0 Å². The lowest BCUT2D eigenvalue weighted by Gasteiger charge is -1.91. The van der Waals surface area contributed by atoms with E-state index in [1.165, 1.54) is 22.3 Å². The molecule has 0 amide bonds. The highest BCUT2D eigenvalue weighted by atomic mass is 13.9. The molecule has 0 radical (unpaired) electrons. The van der Waals surface area contributed by atoms with Crippen molar-refractivity contribution < 1.29 is 0 Å². The average molecular weight is 296 g/mol. The molecule has 120 valence electrons.